The summed E-state index contributed by atoms with van der Waals surface area (Å²) in [6.45, 7) is 3.54. The second-order valence-corrected chi connectivity index (χ2v) is 6.80. The first-order valence-electron chi connectivity index (χ1n) is 7.87. The third kappa shape index (κ3) is 3.82. The number of amides is 1. The van der Waals surface area contributed by atoms with Crippen molar-refractivity contribution in [2.75, 3.05) is 20.1 Å². The molecule has 1 aromatic carbocycles. The van der Waals surface area contributed by atoms with Crippen molar-refractivity contribution in [3.63, 3.8) is 0 Å². The molecule has 1 amide bonds. The molecule has 0 atom stereocenters. The van der Waals surface area contributed by atoms with Crippen LogP contribution in [0.3, 0.4) is 0 Å². The van der Waals surface area contributed by atoms with Crippen LogP contribution in [-0.2, 0) is 0 Å². The molecule has 0 saturated carbocycles. The van der Waals surface area contributed by atoms with Gasteiger partial charge in [-0.1, -0.05) is 15.9 Å². The van der Waals surface area contributed by atoms with Gasteiger partial charge in [-0.25, -0.2) is 4.68 Å². The Morgan fingerprint density at radius 3 is 2.46 bits per heavy atom. The Morgan fingerprint density at radius 2 is 1.88 bits per heavy atom. The number of nitrogens with one attached hydrogen (secondary N) is 1. The maximum Gasteiger partial charge on any atom is 0.257 e. The third-order valence-electron chi connectivity index (χ3n) is 4.50. The summed E-state index contributed by atoms with van der Waals surface area (Å²) in [7, 11) is 1.98. The van der Waals surface area contributed by atoms with Crippen LogP contribution < -0.4 is 5.32 Å². The Bertz CT molecular complexity index is 693. The fourth-order valence-electron chi connectivity index (χ4n) is 3.00. The van der Waals surface area contributed by atoms with Crippen molar-refractivity contribution in [2.45, 2.75) is 25.8 Å². The Morgan fingerprint density at radius 1 is 1.25 bits per heavy atom. The van der Waals surface area contributed by atoms with Crippen LogP contribution in [0, 0.1) is 6.92 Å². The molecule has 1 aromatic heterocycles. The van der Waals surface area contributed by atoms with Crippen LogP contribution in [0.1, 0.15) is 28.9 Å². The average Bonchev–Trinajstić information content (AvgIpc) is 2.96. The van der Waals surface area contributed by atoms with E-state index in [0.717, 1.165) is 41.8 Å². The summed E-state index contributed by atoms with van der Waals surface area (Å²) in [4.78, 5) is 14.7. The third-order valence-corrected chi connectivity index (χ3v) is 5.03. The van der Waals surface area contributed by atoms with Crippen LogP contribution in [-0.4, -0.2) is 46.8 Å². The molecule has 1 fully saturated rings. The second kappa shape index (κ2) is 8.14. The molecule has 1 N–H and O–H groups in total. The molecule has 3 rings (SSSR count). The highest BCUT2D eigenvalue weighted by molar-refractivity contribution is 9.10. The summed E-state index contributed by atoms with van der Waals surface area (Å²) in [6.07, 6.45) is 3.69. The molecular formula is C17H22BrClN4O. The van der Waals surface area contributed by atoms with Gasteiger partial charge in [0, 0.05) is 23.6 Å². The summed E-state index contributed by atoms with van der Waals surface area (Å²) >= 11 is 3.43. The average molecular weight is 414 g/mol. The number of hydrogen-bond acceptors (Lipinski definition) is 3. The van der Waals surface area contributed by atoms with E-state index in [0.29, 0.717) is 11.6 Å². The van der Waals surface area contributed by atoms with Crippen molar-refractivity contribution < 1.29 is 4.79 Å². The van der Waals surface area contributed by atoms with Crippen LogP contribution in [0.4, 0.5) is 0 Å². The van der Waals surface area contributed by atoms with Crippen LogP contribution >= 0.6 is 28.3 Å². The minimum Gasteiger partial charge on any atom is -0.338 e. The monoisotopic (exact) mass is 412 g/mol. The summed E-state index contributed by atoms with van der Waals surface area (Å²) in [5, 5.41) is 7.69. The lowest BCUT2D eigenvalue weighted by molar-refractivity contribution is 0.0706. The van der Waals surface area contributed by atoms with Gasteiger partial charge < -0.3 is 10.2 Å². The zero-order valence-corrected chi connectivity index (χ0v) is 16.2. The highest BCUT2D eigenvalue weighted by Gasteiger charge is 2.25. The summed E-state index contributed by atoms with van der Waals surface area (Å²) < 4.78 is 2.84. The van der Waals surface area contributed by atoms with Gasteiger partial charge in [0.15, 0.2) is 0 Å². The maximum absolute atomic E-state index is 12.8. The number of carbonyl (C=O) groups excluding carboxylic acids is 1. The fraction of sp³-hybridized carbons (Fsp3) is 0.412. The number of halogens is 2. The van der Waals surface area contributed by atoms with Crippen molar-refractivity contribution in [1.82, 2.24) is 20.0 Å². The van der Waals surface area contributed by atoms with Gasteiger partial charge in [-0.3, -0.25) is 4.79 Å². The van der Waals surface area contributed by atoms with E-state index in [4.69, 9.17) is 0 Å². The predicted octanol–water partition coefficient (Wildman–Crippen LogP) is 3.19. The first-order valence-corrected chi connectivity index (χ1v) is 8.66. The van der Waals surface area contributed by atoms with Gasteiger partial charge in [-0.15, -0.1) is 12.4 Å². The van der Waals surface area contributed by atoms with Crippen LogP contribution in [0.15, 0.2) is 34.9 Å². The highest BCUT2D eigenvalue weighted by atomic mass is 79.9. The number of likely N-dealkylation sites (tertiary alicyclic amines) is 1. The first kappa shape index (κ1) is 19.0. The van der Waals surface area contributed by atoms with E-state index in [-0.39, 0.29) is 18.3 Å². The maximum atomic E-state index is 12.8. The zero-order valence-electron chi connectivity index (χ0n) is 13.8. The molecule has 7 heteroatoms. The smallest absolute Gasteiger partial charge is 0.257 e. The molecule has 24 heavy (non-hydrogen) atoms. The Balaban J connectivity index is 0.00000208. The lowest BCUT2D eigenvalue weighted by Crippen LogP contribution is -2.44. The van der Waals surface area contributed by atoms with Crippen LogP contribution in [0.5, 0.6) is 0 Å². The highest BCUT2D eigenvalue weighted by Crippen LogP contribution is 2.20. The molecule has 130 valence electrons. The predicted molar refractivity (Wildman–Crippen MR) is 101 cm³/mol. The van der Waals surface area contributed by atoms with Gasteiger partial charge in [0.05, 0.1) is 23.1 Å². The topological polar surface area (TPSA) is 50.2 Å². The molecule has 0 radical (unpaired) electrons. The number of aromatic nitrogens is 2. The quantitative estimate of drug-likeness (QED) is 0.841. The normalized spacial score (nSPS) is 15.2. The number of nitrogens with zero attached hydrogens (tertiary/aromatic N) is 3. The molecule has 0 aliphatic carbocycles. The number of piperidine rings is 1. The minimum atomic E-state index is 0. The first-order chi connectivity index (χ1) is 11.1. The summed E-state index contributed by atoms with van der Waals surface area (Å²) in [5.41, 5.74) is 2.53. The second-order valence-electron chi connectivity index (χ2n) is 5.89. The fourth-order valence-corrected chi connectivity index (χ4v) is 3.27. The van der Waals surface area contributed by atoms with E-state index in [9.17, 15) is 4.79 Å². The van der Waals surface area contributed by atoms with Crippen molar-refractivity contribution in [3.05, 3.63) is 46.2 Å². The van der Waals surface area contributed by atoms with E-state index < -0.39 is 0 Å². The van der Waals surface area contributed by atoms with E-state index in [1.165, 1.54) is 0 Å². The summed E-state index contributed by atoms with van der Waals surface area (Å²) in [5.74, 6) is 0.0837. The molecule has 2 heterocycles. The van der Waals surface area contributed by atoms with Crippen molar-refractivity contribution in [2.24, 2.45) is 0 Å². The molecule has 1 aliphatic rings. The van der Waals surface area contributed by atoms with Crippen molar-refractivity contribution >= 4 is 34.2 Å². The van der Waals surface area contributed by atoms with E-state index in [1.54, 1.807) is 6.20 Å². The molecule has 1 aliphatic heterocycles. The number of rotatable bonds is 3. The Hall–Kier alpha value is -1.37. The minimum absolute atomic E-state index is 0. The molecule has 0 bridgehead atoms. The zero-order chi connectivity index (χ0) is 16.4. The van der Waals surface area contributed by atoms with Crippen LogP contribution in [0.25, 0.3) is 5.69 Å². The molecule has 2 aromatic rings. The number of benzene rings is 1. The standard InChI is InChI=1S/C17H21BrN4O.ClH/c1-12-16(17(23)21-9-7-14(19-2)8-10-21)11-20-22(12)15-5-3-13(18)4-6-15;/h3-6,11,14,19H,7-10H2,1-2H3;1H. The van der Waals surface area contributed by atoms with E-state index >= 15 is 0 Å². The molecular weight excluding hydrogens is 392 g/mol. The van der Waals surface area contributed by atoms with Crippen LogP contribution in [0.2, 0.25) is 0 Å². The summed E-state index contributed by atoms with van der Waals surface area (Å²) in [6, 6.07) is 8.43. The molecule has 0 unspecified atom stereocenters. The van der Waals surface area contributed by atoms with Crippen molar-refractivity contribution in [1.29, 1.82) is 0 Å². The lowest BCUT2D eigenvalue weighted by Gasteiger charge is -2.31. The van der Waals surface area contributed by atoms with Gasteiger partial charge in [0.2, 0.25) is 0 Å². The van der Waals surface area contributed by atoms with Gasteiger partial charge >= 0.3 is 0 Å². The number of carbonyl (C=O) groups is 1. The SMILES string of the molecule is CNC1CCN(C(=O)c2cnn(-c3ccc(Br)cc3)c2C)CC1.Cl. The van der Waals surface area contributed by atoms with Crippen molar-refractivity contribution in [3.8, 4) is 5.69 Å². The van der Waals surface area contributed by atoms with Gasteiger partial charge in [0.25, 0.3) is 5.91 Å². The lowest BCUT2D eigenvalue weighted by atomic mass is 10.0. The van der Waals surface area contributed by atoms with E-state index in [2.05, 4.69) is 26.3 Å². The number of hydrogen-bond donors (Lipinski definition) is 1. The molecule has 5 nitrogen and oxygen atoms in total. The Kier molecular flexibility index (Phi) is 6.43. The molecule has 1 saturated heterocycles. The van der Waals surface area contributed by atoms with E-state index in [1.807, 2.05) is 47.8 Å². The molecule has 0 spiro atoms. The van der Waals surface area contributed by atoms with Gasteiger partial charge in [0.1, 0.15) is 0 Å². The largest absolute Gasteiger partial charge is 0.338 e. The van der Waals surface area contributed by atoms with Gasteiger partial charge in [-0.05, 0) is 51.1 Å². The van der Waals surface area contributed by atoms with Gasteiger partial charge in [-0.2, -0.15) is 5.10 Å². The Labute approximate surface area is 157 Å².